The van der Waals surface area contributed by atoms with Gasteiger partial charge in [-0.25, -0.2) is 0 Å². The Labute approximate surface area is 367 Å². The smallest absolute Gasteiger partial charge is 0.306 e. The van der Waals surface area contributed by atoms with Crippen molar-refractivity contribution in [1.29, 1.82) is 0 Å². The molecule has 0 aliphatic rings. The fourth-order valence-electron chi connectivity index (χ4n) is 8.12. The number of nitrogens with one attached hydrogen (secondary N) is 1. The van der Waals surface area contributed by atoms with E-state index in [0.29, 0.717) is 19.3 Å². The zero-order valence-electron chi connectivity index (χ0n) is 39.7. The van der Waals surface area contributed by atoms with E-state index < -0.39 is 18.2 Å². The Morgan fingerprint density at radius 1 is 0.508 bits per heavy atom. The number of carbonyl (C=O) groups is 2. The Morgan fingerprint density at radius 2 is 0.915 bits per heavy atom. The van der Waals surface area contributed by atoms with Crippen molar-refractivity contribution in [2.45, 2.75) is 296 Å². The average molecular weight is 832 g/mol. The molecule has 348 valence electrons. The van der Waals surface area contributed by atoms with E-state index in [1.165, 1.54) is 167 Å². The van der Waals surface area contributed by atoms with Gasteiger partial charge in [-0.1, -0.05) is 238 Å². The van der Waals surface area contributed by atoms with E-state index in [9.17, 15) is 19.8 Å². The average Bonchev–Trinajstić information content (AvgIpc) is 3.23. The molecule has 1 amide bonds. The maximum Gasteiger partial charge on any atom is 0.306 e. The Balaban J connectivity index is 4.54. The predicted octanol–water partition coefficient (Wildman–Crippen LogP) is 15.5. The molecule has 3 atom stereocenters. The van der Waals surface area contributed by atoms with Gasteiger partial charge in [-0.3, -0.25) is 9.59 Å². The molecule has 0 aromatic heterocycles. The van der Waals surface area contributed by atoms with Crippen LogP contribution < -0.4 is 5.32 Å². The Kier molecular flexibility index (Phi) is 46.1. The first kappa shape index (κ1) is 57.3. The molecular formula is C53H101NO5. The number of esters is 1. The molecule has 0 fully saturated rings. The molecule has 0 saturated carbocycles. The molecule has 0 rings (SSSR count). The quantitative estimate of drug-likeness (QED) is 0.0322. The van der Waals surface area contributed by atoms with Gasteiger partial charge < -0.3 is 20.3 Å². The summed E-state index contributed by atoms with van der Waals surface area (Å²) in [6.45, 7) is 6.40. The minimum atomic E-state index is -0.784. The first-order valence-corrected chi connectivity index (χ1v) is 26.1. The summed E-state index contributed by atoms with van der Waals surface area (Å²) < 4.78 is 5.93. The largest absolute Gasteiger partial charge is 0.462 e. The molecule has 3 N–H and O–H groups in total. The number of amides is 1. The molecule has 0 heterocycles. The molecule has 0 aromatic carbocycles. The molecule has 0 saturated heterocycles. The van der Waals surface area contributed by atoms with Crippen molar-refractivity contribution < 1.29 is 24.5 Å². The zero-order chi connectivity index (χ0) is 43.1. The van der Waals surface area contributed by atoms with Gasteiger partial charge in [0.1, 0.15) is 6.10 Å². The number of unbranched alkanes of at least 4 members (excludes halogenated alkanes) is 31. The summed E-state index contributed by atoms with van der Waals surface area (Å²) in [5.41, 5.74) is 0. The van der Waals surface area contributed by atoms with Crippen LogP contribution in [-0.4, -0.2) is 46.9 Å². The maximum absolute atomic E-state index is 13.2. The summed E-state index contributed by atoms with van der Waals surface area (Å²) in [5.74, 6) is -0.469. The topological polar surface area (TPSA) is 95.9 Å². The van der Waals surface area contributed by atoms with Gasteiger partial charge in [0, 0.05) is 6.42 Å². The SMILES string of the molecule is CC/C=C/C/C=C/CCCCCCCCCC(=O)OC(CCCCCCCCCCCCCCC)CC(=O)NC(CO)C(O)CCCCCCCCCCCCCCC. The number of carbonyl (C=O) groups excluding carboxylic acids is 2. The zero-order valence-corrected chi connectivity index (χ0v) is 39.7. The van der Waals surface area contributed by atoms with Crippen LogP contribution >= 0.6 is 0 Å². The standard InChI is InChI=1S/C53H101NO5/c1-4-7-10-13-16-19-22-25-28-31-34-37-40-43-46-53(58)59-49(44-41-38-35-32-29-26-23-20-17-14-11-8-5-2)47-52(57)54-50(48-55)51(56)45-42-39-36-33-30-27-24-21-18-15-12-9-6-3/h7,10,16,19,49-51,55-56H,4-6,8-9,11-15,17-18,20-48H2,1-3H3,(H,54,57)/b10-7+,19-16+. The summed E-state index contributed by atoms with van der Waals surface area (Å²) in [6, 6.07) is -0.697. The van der Waals surface area contributed by atoms with Gasteiger partial charge in [0.2, 0.25) is 5.91 Å². The highest BCUT2D eigenvalue weighted by molar-refractivity contribution is 5.77. The van der Waals surface area contributed by atoms with E-state index in [0.717, 1.165) is 64.2 Å². The molecule has 6 nitrogen and oxygen atoms in total. The molecule has 6 heteroatoms. The van der Waals surface area contributed by atoms with Crippen LogP contribution in [0.25, 0.3) is 0 Å². The second-order valence-electron chi connectivity index (χ2n) is 17.9. The lowest BCUT2D eigenvalue weighted by Gasteiger charge is -2.24. The van der Waals surface area contributed by atoms with Gasteiger partial charge in [0.25, 0.3) is 0 Å². The Hall–Kier alpha value is -1.66. The van der Waals surface area contributed by atoms with Crippen molar-refractivity contribution in [1.82, 2.24) is 5.32 Å². The van der Waals surface area contributed by atoms with Crippen molar-refractivity contribution in [2.75, 3.05) is 6.61 Å². The van der Waals surface area contributed by atoms with Gasteiger partial charge in [-0.05, 0) is 51.4 Å². The number of rotatable bonds is 47. The van der Waals surface area contributed by atoms with Crippen molar-refractivity contribution in [3.63, 3.8) is 0 Å². The second kappa shape index (κ2) is 47.4. The minimum absolute atomic E-state index is 0.0799. The number of hydrogen-bond acceptors (Lipinski definition) is 5. The predicted molar refractivity (Wildman–Crippen MR) is 255 cm³/mol. The van der Waals surface area contributed by atoms with Crippen LogP contribution in [0.1, 0.15) is 278 Å². The summed E-state index contributed by atoms with van der Waals surface area (Å²) in [7, 11) is 0. The van der Waals surface area contributed by atoms with Crippen molar-refractivity contribution >= 4 is 11.9 Å². The van der Waals surface area contributed by atoms with Crippen LogP contribution in [0.3, 0.4) is 0 Å². The third-order valence-corrected chi connectivity index (χ3v) is 12.0. The molecule has 0 aliphatic carbocycles. The van der Waals surface area contributed by atoms with E-state index in [1.54, 1.807) is 0 Å². The van der Waals surface area contributed by atoms with Crippen molar-refractivity contribution in [3.8, 4) is 0 Å². The number of aliphatic hydroxyl groups excluding tert-OH is 2. The lowest BCUT2D eigenvalue weighted by Crippen LogP contribution is -2.46. The van der Waals surface area contributed by atoms with Crippen LogP contribution in [-0.2, 0) is 14.3 Å². The summed E-state index contributed by atoms with van der Waals surface area (Å²) in [6.07, 6.45) is 53.8. The molecule has 3 unspecified atom stereocenters. The van der Waals surface area contributed by atoms with Crippen molar-refractivity contribution in [3.05, 3.63) is 24.3 Å². The molecule has 0 aromatic rings. The molecule has 0 aliphatic heterocycles. The highest BCUT2D eigenvalue weighted by atomic mass is 16.5. The van der Waals surface area contributed by atoms with Gasteiger partial charge in [0.05, 0.1) is 25.2 Å². The maximum atomic E-state index is 13.2. The molecule has 0 spiro atoms. The Bertz CT molecular complexity index is 935. The summed E-state index contributed by atoms with van der Waals surface area (Å²) >= 11 is 0. The first-order chi connectivity index (χ1) is 29.0. The molecule has 0 bridgehead atoms. The number of hydrogen-bond donors (Lipinski definition) is 3. The summed E-state index contributed by atoms with van der Waals surface area (Å²) in [4.78, 5) is 26.1. The van der Waals surface area contributed by atoms with Crippen LogP contribution in [0.4, 0.5) is 0 Å². The third-order valence-electron chi connectivity index (χ3n) is 12.0. The molecule has 0 radical (unpaired) electrons. The van der Waals surface area contributed by atoms with Crippen molar-refractivity contribution in [2.24, 2.45) is 0 Å². The van der Waals surface area contributed by atoms with E-state index in [-0.39, 0.29) is 24.9 Å². The number of aliphatic hydroxyl groups is 2. The highest BCUT2D eigenvalue weighted by Gasteiger charge is 2.24. The normalized spacial score (nSPS) is 13.4. The first-order valence-electron chi connectivity index (χ1n) is 26.1. The third kappa shape index (κ3) is 42.8. The van der Waals surface area contributed by atoms with Gasteiger partial charge in [-0.2, -0.15) is 0 Å². The summed E-state index contributed by atoms with van der Waals surface area (Å²) in [5, 5.41) is 23.8. The van der Waals surface area contributed by atoms with Gasteiger partial charge in [0.15, 0.2) is 0 Å². The van der Waals surface area contributed by atoms with Crippen LogP contribution in [0.2, 0.25) is 0 Å². The fourth-order valence-corrected chi connectivity index (χ4v) is 8.12. The second-order valence-corrected chi connectivity index (χ2v) is 17.9. The van der Waals surface area contributed by atoms with Crippen LogP contribution in [0, 0.1) is 0 Å². The van der Waals surface area contributed by atoms with Gasteiger partial charge >= 0.3 is 5.97 Å². The van der Waals surface area contributed by atoms with Gasteiger partial charge in [-0.15, -0.1) is 0 Å². The van der Waals surface area contributed by atoms with Crippen LogP contribution in [0.5, 0.6) is 0 Å². The highest BCUT2D eigenvalue weighted by Crippen LogP contribution is 2.18. The van der Waals surface area contributed by atoms with Crippen LogP contribution in [0.15, 0.2) is 24.3 Å². The lowest BCUT2D eigenvalue weighted by atomic mass is 10.0. The van der Waals surface area contributed by atoms with E-state index >= 15 is 0 Å². The lowest BCUT2D eigenvalue weighted by molar-refractivity contribution is -0.151. The van der Waals surface area contributed by atoms with E-state index in [4.69, 9.17) is 4.74 Å². The number of ether oxygens (including phenoxy) is 1. The fraction of sp³-hybridized carbons (Fsp3) is 0.887. The van der Waals surface area contributed by atoms with E-state index in [2.05, 4.69) is 50.4 Å². The minimum Gasteiger partial charge on any atom is -0.462 e. The Morgan fingerprint density at radius 3 is 1.37 bits per heavy atom. The molecule has 59 heavy (non-hydrogen) atoms. The monoisotopic (exact) mass is 832 g/mol. The number of allylic oxidation sites excluding steroid dienone is 4. The van der Waals surface area contributed by atoms with E-state index in [1.807, 2.05) is 0 Å². The molecular weight excluding hydrogens is 731 g/mol.